The van der Waals surface area contributed by atoms with Crippen LogP contribution < -0.4 is 16.2 Å². The molecule has 2 aromatic carbocycles. The molecule has 0 spiro atoms. The van der Waals surface area contributed by atoms with E-state index in [1.807, 2.05) is 19.1 Å². The minimum atomic E-state index is -0.418. The maximum atomic E-state index is 11.1. The number of nitrogens with one attached hydrogen (secondary N) is 3. The predicted molar refractivity (Wildman–Crippen MR) is 104 cm³/mol. The molecule has 2 amide bonds. The lowest BCUT2D eigenvalue weighted by atomic mass is 10.1. The molecule has 0 aliphatic carbocycles. The van der Waals surface area contributed by atoms with Crippen LogP contribution in [0.4, 0.5) is 5.69 Å². The third-order valence-electron chi connectivity index (χ3n) is 3.38. The number of carbonyl (C=O) groups excluding carboxylic acids is 2. The fourth-order valence-corrected chi connectivity index (χ4v) is 2.18. The highest BCUT2D eigenvalue weighted by Crippen LogP contribution is 2.26. The monoisotopic (exact) mass is 388 g/mol. The third-order valence-corrected chi connectivity index (χ3v) is 3.86. The summed E-state index contributed by atoms with van der Waals surface area (Å²) < 4.78 is 0. The molecular formula is C19H21ClN4O3. The van der Waals surface area contributed by atoms with Crippen LogP contribution in [0, 0.1) is 18.3 Å². The summed E-state index contributed by atoms with van der Waals surface area (Å²) in [7, 11) is 0. The van der Waals surface area contributed by atoms with Crippen LogP contribution in [0.5, 0.6) is 0 Å². The van der Waals surface area contributed by atoms with Gasteiger partial charge < -0.3 is 10.4 Å². The number of aliphatic hydroxyl groups excluding tert-OH is 1. The molecule has 0 saturated carbocycles. The first-order valence-electron chi connectivity index (χ1n) is 8.06. The van der Waals surface area contributed by atoms with Crippen LogP contribution in [0.1, 0.15) is 28.4 Å². The van der Waals surface area contributed by atoms with Crippen molar-refractivity contribution < 1.29 is 14.7 Å². The molecule has 8 heteroatoms. The molecule has 142 valence electrons. The van der Waals surface area contributed by atoms with Gasteiger partial charge in [0, 0.05) is 17.8 Å². The molecule has 0 aliphatic heterocycles. The molecule has 0 saturated heterocycles. The zero-order valence-electron chi connectivity index (χ0n) is 15.0. The highest BCUT2D eigenvalue weighted by Gasteiger charge is 2.07. The van der Waals surface area contributed by atoms with Gasteiger partial charge in [-0.2, -0.15) is 5.26 Å². The van der Waals surface area contributed by atoms with Crippen LogP contribution >= 0.6 is 11.6 Å². The van der Waals surface area contributed by atoms with E-state index in [0.717, 1.165) is 11.3 Å². The first-order chi connectivity index (χ1) is 12.9. The standard InChI is InChI=1S/C11H13ClN2O.C8H8N2O2/c1-7(15)6-14-10-4-3-9(5-13)11(12)8(10)2;11-6-9-10-8(12)7-4-2-1-3-5-7/h3-4,7,14-15H,6H2,1-2H3;1-6H,(H,9,11)(H,10,12). The smallest absolute Gasteiger partial charge is 0.269 e. The second-order valence-corrected chi connectivity index (χ2v) is 5.90. The number of hydrogen-bond donors (Lipinski definition) is 4. The van der Waals surface area contributed by atoms with Gasteiger partial charge in [-0.15, -0.1) is 0 Å². The van der Waals surface area contributed by atoms with Crippen molar-refractivity contribution in [3.63, 3.8) is 0 Å². The Hall–Kier alpha value is -3.08. The topological polar surface area (TPSA) is 114 Å². The minimum Gasteiger partial charge on any atom is -0.392 e. The van der Waals surface area contributed by atoms with Crippen LogP contribution in [-0.2, 0) is 4.79 Å². The van der Waals surface area contributed by atoms with Crippen LogP contribution in [0.3, 0.4) is 0 Å². The van der Waals surface area contributed by atoms with Gasteiger partial charge in [-0.1, -0.05) is 29.8 Å². The summed E-state index contributed by atoms with van der Waals surface area (Å²) in [4.78, 5) is 20.9. The van der Waals surface area contributed by atoms with Crippen molar-refractivity contribution in [2.24, 2.45) is 0 Å². The quantitative estimate of drug-likeness (QED) is 0.448. The van der Waals surface area contributed by atoms with E-state index in [1.165, 1.54) is 0 Å². The molecule has 7 nitrogen and oxygen atoms in total. The van der Waals surface area contributed by atoms with Crippen molar-refractivity contribution in [3.05, 3.63) is 64.2 Å². The number of rotatable bonds is 6. The Morgan fingerprint density at radius 1 is 1.30 bits per heavy atom. The lowest BCUT2D eigenvalue weighted by Crippen LogP contribution is -2.36. The summed E-state index contributed by atoms with van der Waals surface area (Å²) in [5.74, 6) is -0.331. The summed E-state index contributed by atoms with van der Waals surface area (Å²) in [6.07, 6.45) is -0.0141. The zero-order valence-corrected chi connectivity index (χ0v) is 15.7. The Bertz CT molecular complexity index is 805. The van der Waals surface area contributed by atoms with Crippen LogP contribution in [0.2, 0.25) is 5.02 Å². The highest BCUT2D eigenvalue weighted by molar-refractivity contribution is 6.32. The molecule has 0 radical (unpaired) electrons. The number of anilines is 1. The van der Waals surface area contributed by atoms with E-state index in [0.29, 0.717) is 29.1 Å². The van der Waals surface area contributed by atoms with Gasteiger partial charge in [0.1, 0.15) is 6.07 Å². The number of aliphatic hydroxyl groups is 1. The van der Waals surface area contributed by atoms with Gasteiger partial charge in [-0.25, -0.2) is 0 Å². The summed E-state index contributed by atoms with van der Waals surface area (Å²) in [6.45, 7) is 4.00. The van der Waals surface area contributed by atoms with Crippen molar-refractivity contribution in [3.8, 4) is 6.07 Å². The maximum Gasteiger partial charge on any atom is 0.269 e. The van der Waals surface area contributed by atoms with E-state index < -0.39 is 6.10 Å². The number of carbonyl (C=O) groups is 2. The first kappa shape index (κ1) is 22.0. The Morgan fingerprint density at radius 3 is 2.52 bits per heavy atom. The number of benzene rings is 2. The molecule has 0 heterocycles. The number of hydrogen-bond acceptors (Lipinski definition) is 5. The van der Waals surface area contributed by atoms with E-state index >= 15 is 0 Å². The summed E-state index contributed by atoms with van der Waals surface area (Å²) in [5.41, 5.74) is 6.91. The van der Waals surface area contributed by atoms with Gasteiger partial charge >= 0.3 is 0 Å². The Balaban J connectivity index is 0.000000277. The van der Waals surface area contributed by atoms with E-state index in [-0.39, 0.29) is 5.91 Å². The van der Waals surface area contributed by atoms with Crippen molar-refractivity contribution in [1.29, 1.82) is 5.26 Å². The summed E-state index contributed by atoms with van der Waals surface area (Å²) in [6, 6.07) is 14.1. The summed E-state index contributed by atoms with van der Waals surface area (Å²) in [5, 5.41) is 21.4. The van der Waals surface area contributed by atoms with Crippen LogP contribution in [-0.4, -0.2) is 30.1 Å². The highest BCUT2D eigenvalue weighted by atomic mass is 35.5. The average Bonchev–Trinajstić information content (AvgIpc) is 2.68. The molecule has 1 unspecified atom stereocenters. The lowest BCUT2D eigenvalue weighted by molar-refractivity contribution is -0.110. The molecule has 2 rings (SSSR count). The molecule has 2 aromatic rings. The SMILES string of the molecule is Cc1c(NCC(C)O)ccc(C#N)c1Cl.O=CNNC(=O)c1ccccc1. The number of nitriles is 1. The number of nitrogens with zero attached hydrogens (tertiary/aromatic N) is 1. The Labute approximate surface area is 162 Å². The van der Waals surface area contributed by atoms with Gasteiger partial charge in [0.2, 0.25) is 6.41 Å². The Kier molecular flexibility index (Phi) is 9.37. The average molecular weight is 389 g/mol. The Morgan fingerprint density at radius 2 is 1.96 bits per heavy atom. The second kappa shape index (κ2) is 11.5. The lowest BCUT2D eigenvalue weighted by Gasteiger charge is -2.12. The van der Waals surface area contributed by atoms with Crippen molar-refractivity contribution in [2.45, 2.75) is 20.0 Å². The van der Waals surface area contributed by atoms with Gasteiger partial charge in [-0.3, -0.25) is 20.4 Å². The van der Waals surface area contributed by atoms with Gasteiger partial charge in [0.25, 0.3) is 5.91 Å². The van der Waals surface area contributed by atoms with Gasteiger partial charge in [0.05, 0.1) is 16.7 Å². The third kappa shape index (κ3) is 7.36. The normalized spacial score (nSPS) is 10.5. The number of halogens is 1. The van der Waals surface area contributed by atoms with Crippen molar-refractivity contribution >= 4 is 29.6 Å². The van der Waals surface area contributed by atoms with Crippen LogP contribution in [0.25, 0.3) is 0 Å². The second-order valence-electron chi connectivity index (χ2n) is 5.52. The summed E-state index contributed by atoms with van der Waals surface area (Å²) >= 11 is 5.99. The molecule has 0 aromatic heterocycles. The van der Waals surface area contributed by atoms with E-state index in [1.54, 1.807) is 43.3 Å². The molecule has 4 N–H and O–H groups in total. The largest absolute Gasteiger partial charge is 0.392 e. The van der Waals surface area contributed by atoms with E-state index in [9.17, 15) is 9.59 Å². The molecular weight excluding hydrogens is 368 g/mol. The zero-order chi connectivity index (χ0) is 20.2. The van der Waals surface area contributed by atoms with Gasteiger partial charge in [0.15, 0.2) is 0 Å². The fraction of sp³-hybridized carbons (Fsp3) is 0.211. The minimum absolute atomic E-state index is 0.331. The molecule has 0 aliphatic rings. The predicted octanol–water partition coefficient (Wildman–Crippen LogP) is 2.39. The molecule has 0 bridgehead atoms. The van der Waals surface area contributed by atoms with Crippen molar-refractivity contribution in [1.82, 2.24) is 10.9 Å². The van der Waals surface area contributed by atoms with Crippen molar-refractivity contribution in [2.75, 3.05) is 11.9 Å². The van der Waals surface area contributed by atoms with E-state index in [2.05, 4.69) is 16.2 Å². The first-order valence-corrected chi connectivity index (χ1v) is 8.44. The molecule has 0 fully saturated rings. The molecule has 1 atom stereocenters. The van der Waals surface area contributed by atoms with E-state index in [4.69, 9.17) is 22.0 Å². The fourth-order valence-electron chi connectivity index (χ4n) is 1.98. The number of amides is 2. The maximum absolute atomic E-state index is 11.1. The van der Waals surface area contributed by atoms with Gasteiger partial charge in [-0.05, 0) is 43.7 Å². The molecule has 27 heavy (non-hydrogen) atoms. The number of hydrazine groups is 1. The van der Waals surface area contributed by atoms with Crippen LogP contribution in [0.15, 0.2) is 42.5 Å².